The molecule has 0 fully saturated rings. The predicted molar refractivity (Wildman–Crippen MR) is 113 cm³/mol. The van der Waals surface area contributed by atoms with E-state index >= 15 is 0 Å². The van der Waals surface area contributed by atoms with Crippen molar-refractivity contribution in [1.29, 1.82) is 0 Å². The lowest BCUT2D eigenvalue weighted by Gasteiger charge is -2.16. The van der Waals surface area contributed by atoms with Gasteiger partial charge in [-0.2, -0.15) is 4.72 Å². The Labute approximate surface area is 179 Å². The Balaban J connectivity index is 1.99. The zero-order chi connectivity index (χ0) is 23.0. The lowest BCUT2D eigenvalue weighted by Crippen LogP contribution is -2.48. The molecular weight excluding hydrogens is 426 g/mol. The molecule has 0 aliphatic carbocycles. The molecule has 12 heteroatoms. The molecule has 2 unspecified atom stereocenters. The number of hydrogen-bond acceptors (Lipinski definition) is 6. The molecule has 7 N–H and O–H groups in total. The number of benzene rings is 2. The molecule has 0 spiro atoms. The highest BCUT2D eigenvalue weighted by molar-refractivity contribution is 7.89. The van der Waals surface area contributed by atoms with Crippen LogP contribution in [0.15, 0.2) is 64.5 Å². The molecule has 2 atom stereocenters. The third-order valence-electron chi connectivity index (χ3n) is 3.87. The molecule has 0 heterocycles. The minimum absolute atomic E-state index is 0.0851. The molecule has 0 aliphatic rings. The van der Waals surface area contributed by atoms with Gasteiger partial charge in [-0.05, 0) is 43.3 Å². The van der Waals surface area contributed by atoms with Gasteiger partial charge < -0.3 is 26.6 Å². The van der Waals surface area contributed by atoms with Crippen LogP contribution in [0.3, 0.4) is 0 Å². The zero-order valence-electron chi connectivity index (χ0n) is 16.6. The first-order valence-electron chi connectivity index (χ1n) is 9.02. The number of hydrogen-bond donors (Lipinski definition) is 5. The fourth-order valence-electron chi connectivity index (χ4n) is 2.45. The summed E-state index contributed by atoms with van der Waals surface area (Å²) in [5, 5.41) is 11.7. The smallest absolute Gasteiger partial charge is 0.323 e. The molecule has 2 aromatic rings. The normalized spacial score (nSPS) is 12.9. The Bertz CT molecular complexity index is 1040. The van der Waals surface area contributed by atoms with Crippen LogP contribution in [0.1, 0.15) is 17.3 Å². The van der Waals surface area contributed by atoms with Gasteiger partial charge in [0.15, 0.2) is 12.2 Å². The van der Waals surface area contributed by atoms with Crippen molar-refractivity contribution in [3.63, 3.8) is 0 Å². The minimum Gasteiger partial charge on any atom is -0.480 e. The lowest BCUT2D eigenvalue weighted by atomic mass is 10.2. The molecule has 0 saturated carbocycles. The van der Waals surface area contributed by atoms with Crippen molar-refractivity contribution in [2.45, 2.75) is 24.1 Å². The number of aliphatic carboxylic acids is 1. The first-order chi connectivity index (χ1) is 14.6. The number of nitrogens with one attached hydrogen (secondary N) is 2. The van der Waals surface area contributed by atoms with Crippen molar-refractivity contribution in [3.05, 3.63) is 60.2 Å². The van der Waals surface area contributed by atoms with Crippen molar-refractivity contribution < 1.29 is 27.9 Å². The van der Waals surface area contributed by atoms with Crippen molar-refractivity contribution in [2.75, 3.05) is 6.54 Å². The first-order valence-corrected chi connectivity index (χ1v) is 10.5. The second-order valence-electron chi connectivity index (χ2n) is 6.33. The Morgan fingerprint density at radius 1 is 1.10 bits per heavy atom. The van der Waals surface area contributed by atoms with Crippen molar-refractivity contribution >= 4 is 27.9 Å². The van der Waals surface area contributed by atoms with Gasteiger partial charge in [0.05, 0.1) is 4.90 Å². The average molecular weight is 449 g/mol. The van der Waals surface area contributed by atoms with Gasteiger partial charge in [-0.3, -0.25) is 9.59 Å². The molecule has 1 amide bonds. The highest BCUT2D eigenvalue weighted by atomic mass is 32.2. The monoisotopic (exact) mass is 449 g/mol. The van der Waals surface area contributed by atoms with Crippen LogP contribution in [0.4, 0.5) is 0 Å². The van der Waals surface area contributed by atoms with E-state index in [9.17, 15) is 23.1 Å². The Kier molecular flexibility index (Phi) is 7.94. The maximum Gasteiger partial charge on any atom is 0.323 e. The summed E-state index contributed by atoms with van der Waals surface area (Å²) in [5.41, 5.74) is 10.8. The summed E-state index contributed by atoms with van der Waals surface area (Å²) in [4.78, 5) is 27.5. The van der Waals surface area contributed by atoms with Crippen molar-refractivity contribution in [2.24, 2.45) is 16.5 Å². The fraction of sp³-hybridized carbons (Fsp3) is 0.211. The van der Waals surface area contributed by atoms with Crippen LogP contribution in [-0.4, -0.2) is 50.2 Å². The van der Waals surface area contributed by atoms with Gasteiger partial charge in [-0.1, -0.05) is 18.2 Å². The van der Waals surface area contributed by atoms with Crippen LogP contribution < -0.4 is 26.2 Å². The molecule has 0 aliphatic heterocycles. The average Bonchev–Trinajstić information content (AvgIpc) is 2.71. The van der Waals surface area contributed by atoms with E-state index in [-0.39, 0.29) is 16.4 Å². The van der Waals surface area contributed by atoms with E-state index in [4.69, 9.17) is 16.2 Å². The summed E-state index contributed by atoms with van der Waals surface area (Å²) >= 11 is 0. The molecule has 2 aromatic carbocycles. The van der Waals surface area contributed by atoms with Crippen LogP contribution >= 0.6 is 0 Å². The highest BCUT2D eigenvalue weighted by Gasteiger charge is 2.26. The number of carboxylic acid groups (broad SMARTS) is 1. The molecule has 0 bridgehead atoms. The second-order valence-corrected chi connectivity index (χ2v) is 8.04. The summed E-state index contributed by atoms with van der Waals surface area (Å²) in [7, 11) is -4.07. The third kappa shape index (κ3) is 7.28. The maximum atomic E-state index is 12.3. The number of sulfonamides is 1. The minimum atomic E-state index is -4.07. The van der Waals surface area contributed by atoms with Crippen LogP contribution in [0.5, 0.6) is 5.75 Å². The van der Waals surface area contributed by atoms with Crippen LogP contribution in [-0.2, 0) is 14.8 Å². The number of nitrogens with zero attached hydrogens (tertiary/aromatic N) is 1. The van der Waals surface area contributed by atoms with E-state index in [1.807, 2.05) is 0 Å². The van der Waals surface area contributed by atoms with Gasteiger partial charge in [-0.15, -0.1) is 0 Å². The van der Waals surface area contributed by atoms with Gasteiger partial charge >= 0.3 is 5.97 Å². The zero-order valence-corrected chi connectivity index (χ0v) is 17.4. The third-order valence-corrected chi connectivity index (χ3v) is 5.36. The SMILES string of the molecule is CC(N=C(N)N)Oc1ccc(C(=O)NCC(NS(=O)(=O)c2ccccc2)C(=O)O)cc1. The van der Waals surface area contributed by atoms with Gasteiger partial charge in [0.25, 0.3) is 5.91 Å². The Morgan fingerprint density at radius 2 is 1.71 bits per heavy atom. The van der Waals surface area contributed by atoms with Gasteiger partial charge in [0, 0.05) is 12.1 Å². The summed E-state index contributed by atoms with van der Waals surface area (Å²) in [6.07, 6.45) is -0.626. The lowest BCUT2D eigenvalue weighted by molar-refractivity contribution is -0.138. The van der Waals surface area contributed by atoms with E-state index < -0.39 is 40.7 Å². The number of ether oxygens (including phenoxy) is 1. The quantitative estimate of drug-likeness (QED) is 0.244. The summed E-state index contributed by atoms with van der Waals surface area (Å²) in [5.74, 6) is -1.74. The molecule has 0 radical (unpaired) electrons. The van der Waals surface area contributed by atoms with Crippen molar-refractivity contribution in [1.82, 2.24) is 10.0 Å². The van der Waals surface area contributed by atoms with Crippen LogP contribution in [0.2, 0.25) is 0 Å². The number of aliphatic imine (C=N–C) groups is 1. The number of carboxylic acids is 1. The predicted octanol–water partition coefficient (Wildman–Crippen LogP) is -0.154. The van der Waals surface area contributed by atoms with Gasteiger partial charge in [-0.25, -0.2) is 13.4 Å². The number of rotatable bonds is 10. The fourth-order valence-corrected chi connectivity index (χ4v) is 3.66. The summed E-state index contributed by atoms with van der Waals surface area (Å²) in [6.45, 7) is 1.17. The second kappa shape index (κ2) is 10.4. The van der Waals surface area contributed by atoms with E-state index in [0.29, 0.717) is 5.75 Å². The summed E-state index contributed by atoms with van der Waals surface area (Å²) in [6, 6.07) is 11.7. The van der Waals surface area contributed by atoms with E-state index in [0.717, 1.165) is 0 Å². The van der Waals surface area contributed by atoms with Gasteiger partial charge in [0.2, 0.25) is 10.0 Å². The molecule has 11 nitrogen and oxygen atoms in total. The molecule has 2 rings (SSSR count). The first kappa shape index (κ1) is 23.6. The van der Waals surface area contributed by atoms with Crippen LogP contribution in [0.25, 0.3) is 0 Å². The van der Waals surface area contributed by atoms with Crippen LogP contribution in [0, 0.1) is 0 Å². The Hall–Kier alpha value is -3.64. The standard InChI is InChI=1S/C19H23N5O6S/c1-12(23-19(20)21)30-14-9-7-13(8-10-14)17(25)22-11-16(18(26)27)24-31(28,29)15-5-3-2-4-6-15/h2-10,12,16,24H,11H2,1H3,(H,22,25)(H,26,27)(H4,20,21,23). The topological polar surface area (TPSA) is 186 Å². The number of guanidine groups is 1. The Morgan fingerprint density at radius 3 is 2.26 bits per heavy atom. The molecule has 0 saturated heterocycles. The highest BCUT2D eigenvalue weighted by Crippen LogP contribution is 2.14. The molecule has 0 aromatic heterocycles. The van der Waals surface area contributed by atoms with E-state index in [1.54, 1.807) is 13.0 Å². The summed E-state index contributed by atoms with van der Waals surface area (Å²) < 4.78 is 32.2. The van der Waals surface area contributed by atoms with E-state index in [2.05, 4.69) is 15.0 Å². The van der Waals surface area contributed by atoms with E-state index in [1.165, 1.54) is 48.5 Å². The molecule has 166 valence electrons. The number of carbonyl (C=O) groups is 2. The van der Waals surface area contributed by atoms with Crippen molar-refractivity contribution in [3.8, 4) is 5.75 Å². The number of nitrogens with two attached hydrogens (primary N) is 2. The largest absolute Gasteiger partial charge is 0.480 e. The maximum absolute atomic E-state index is 12.3. The molecule has 31 heavy (non-hydrogen) atoms. The molecular formula is C19H23N5O6S. The van der Waals surface area contributed by atoms with Gasteiger partial charge in [0.1, 0.15) is 11.8 Å². The number of amides is 1. The number of carbonyl (C=O) groups excluding carboxylic acids is 1.